The molecular formula is C22H29N3O3. The second kappa shape index (κ2) is 10.3. The second-order valence-corrected chi connectivity index (χ2v) is 7.34. The predicted molar refractivity (Wildman–Crippen MR) is 113 cm³/mol. The van der Waals surface area contributed by atoms with Crippen LogP contribution in [-0.4, -0.2) is 31.0 Å². The minimum absolute atomic E-state index is 0.0878. The molecule has 0 saturated carbocycles. The van der Waals surface area contributed by atoms with Crippen molar-refractivity contribution in [2.45, 2.75) is 33.7 Å². The summed E-state index contributed by atoms with van der Waals surface area (Å²) >= 11 is 0. The molecule has 0 aliphatic heterocycles. The normalized spacial score (nSPS) is 10.6. The lowest BCUT2D eigenvalue weighted by Gasteiger charge is -2.11. The Bertz CT molecular complexity index is 769. The number of nitrogens with one attached hydrogen (secondary N) is 3. The number of hydrogen-bond acceptors (Lipinski definition) is 4. The Kier molecular flexibility index (Phi) is 7.87. The number of carbonyl (C=O) groups is 2. The van der Waals surface area contributed by atoms with Gasteiger partial charge in [0.05, 0.1) is 13.2 Å². The van der Waals surface area contributed by atoms with Crippen LogP contribution in [0.15, 0.2) is 48.5 Å². The van der Waals surface area contributed by atoms with Crippen LogP contribution in [0.2, 0.25) is 0 Å². The number of amides is 2. The minimum Gasteiger partial charge on any atom is -0.493 e. The number of hydrogen-bond donors (Lipinski definition) is 3. The zero-order valence-corrected chi connectivity index (χ0v) is 16.9. The summed E-state index contributed by atoms with van der Waals surface area (Å²) in [5.74, 6) is 0.980. The molecule has 2 aromatic rings. The van der Waals surface area contributed by atoms with Gasteiger partial charge in [0.2, 0.25) is 5.91 Å². The Morgan fingerprint density at radius 1 is 0.893 bits per heavy atom. The Morgan fingerprint density at radius 2 is 1.50 bits per heavy atom. The van der Waals surface area contributed by atoms with Gasteiger partial charge in [-0.25, -0.2) is 0 Å². The summed E-state index contributed by atoms with van der Waals surface area (Å²) < 4.78 is 5.63. The molecule has 0 fully saturated rings. The molecule has 0 aromatic heterocycles. The van der Waals surface area contributed by atoms with Crippen molar-refractivity contribution in [2.75, 3.05) is 23.8 Å². The van der Waals surface area contributed by atoms with Crippen LogP contribution < -0.4 is 20.7 Å². The highest BCUT2D eigenvalue weighted by atomic mass is 16.5. The summed E-state index contributed by atoms with van der Waals surface area (Å²) in [6, 6.07) is 14.4. The van der Waals surface area contributed by atoms with Gasteiger partial charge in [-0.2, -0.15) is 0 Å². The highest BCUT2D eigenvalue weighted by Gasteiger charge is 2.07. The molecule has 150 valence electrons. The van der Waals surface area contributed by atoms with Crippen LogP contribution in [0.25, 0.3) is 0 Å². The molecular weight excluding hydrogens is 354 g/mol. The maximum Gasteiger partial charge on any atom is 0.251 e. The van der Waals surface area contributed by atoms with Crippen molar-refractivity contribution in [2.24, 2.45) is 5.92 Å². The lowest BCUT2D eigenvalue weighted by Crippen LogP contribution is -2.30. The monoisotopic (exact) mass is 383 g/mol. The predicted octanol–water partition coefficient (Wildman–Crippen LogP) is 3.91. The van der Waals surface area contributed by atoms with Crippen molar-refractivity contribution in [3.05, 3.63) is 54.1 Å². The van der Waals surface area contributed by atoms with E-state index in [9.17, 15) is 9.59 Å². The molecule has 2 amide bonds. The molecule has 0 saturated heterocycles. The maximum atomic E-state index is 12.1. The Hall–Kier alpha value is -3.02. The van der Waals surface area contributed by atoms with E-state index < -0.39 is 0 Å². The summed E-state index contributed by atoms with van der Waals surface area (Å²) in [7, 11) is 0. The highest BCUT2D eigenvalue weighted by molar-refractivity contribution is 5.95. The molecule has 2 aromatic carbocycles. The second-order valence-electron chi connectivity index (χ2n) is 7.34. The quantitative estimate of drug-likeness (QED) is 0.613. The van der Waals surface area contributed by atoms with Crippen LogP contribution in [0, 0.1) is 5.92 Å². The van der Waals surface area contributed by atoms with E-state index in [1.807, 2.05) is 38.1 Å². The SMILES string of the molecule is CC(C)COc1ccc(NC(=O)CNc2ccc(C(=O)NC(C)C)cc2)cc1. The summed E-state index contributed by atoms with van der Waals surface area (Å²) in [6.45, 7) is 8.80. The third kappa shape index (κ3) is 7.31. The lowest BCUT2D eigenvalue weighted by atomic mass is 10.2. The van der Waals surface area contributed by atoms with Gasteiger partial charge in [-0.3, -0.25) is 9.59 Å². The van der Waals surface area contributed by atoms with Gasteiger partial charge in [-0.15, -0.1) is 0 Å². The molecule has 0 atom stereocenters. The van der Waals surface area contributed by atoms with E-state index in [0.717, 1.165) is 11.4 Å². The van der Waals surface area contributed by atoms with Crippen LogP contribution in [0.3, 0.4) is 0 Å². The van der Waals surface area contributed by atoms with Crippen LogP contribution >= 0.6 is 0 Å². The molecule has 0 radical (unpaired) electrons. The summed E-state index contributed by atoms with van der Waals surface area (Å²) in [4.78, 5) is 24.0. The standard InChI is InChI=1S/C22H29N3O3/c1-15(2)14-28-20-11-9-19(10-12-20)25-21(26)13-23-18-7-5-17(6-8-18)22(27)24-16(3)4/h5-12,15-16,23H,13-14H2,1-4H3,(H,24,27)(H,25,26). The minimum atomic E-state index is -0.155. The van der Waals surface area contributed by atoms with Crippen molar-refractivity contribution in [3.63, 3.8) is 0 Å². The van der Waals surface area contributed by atoms with Gasteiger partial charge in [-0.1, -0.05) is 13.8 Å². The topological polar surface area (TPSA) is 79.5 Å². The smallest absolute Gasteiger partial charge is 0.251 e. The van der Waals surface area contributed by atoms with Crippen molar-refractivity contribution >= 4 is 23.2 Å². The molecule has 6 heteroatoms. The zero-order valence-electron chi connectivity index (χ0n) is 16.9. The molecule has 6 nitrogen and oxygen atoms in total. The van der Waals surface area contributed by atoms with Gasteiger partial charge < -0.3 is 20.7 Å². The van der Waals surface area contributed by atoms with E-state index in [1.165, 1.54) is 0 Å². The molecule has 0 bridgehead atoms. The molecule has 0 aliphatic carbocycles. The third-order valence-electron chi connectivity index (χ3n) is 3.74. The molecule has 0 unspecified atom stereocenters. The first-order valence-electron chi connectivity index (χ1n) is 9.51. The van der Waals surface area contributed by atoms with Gasteiger partial charge in [0.1, 0.15) is 5.75 Å². The Morgan fingerprint density at radius 3 is 2.07 bits per heavy atom. The average Bonchev–Trinajstić information content (AvgIpc) is 2.65. The van der Waals surface area contributed by atoms with E-state index in [2.05, 4.69) is 29.8 Å². The van der Waals surface area contributed by atoms with Crippen LogP contribution in [-0.2, 0) is 4.79 Å². The fourth-order valence-corrected chi connectivity index (χ4v) is 2.37. The molecule has 0 heterocycles. The number of carbonyl (C=O) groups excluding carboxylic acids is 2. The maximum absolute atomic E-state index is 12.1. The van der Waals surface area contributed by atoms with Crippen molar-refractivity contribution < 1.29 is 14.3 Å². The first-order chi connectivity index (χ1) is 13.3. The molecule has 3 N–H and O–H groups in total. The largest absolute Gasteiger partial charge is 0.493 e. The first kappa shape index (κ1) is 21.3. The van der Waals surface area contributed by atoms with Crippen LogP contribution in [0.5, 0.6) is 5.75 Å². The van der Waals surface area contributed by atoms with E-state index in [4.69, 9.17) is 4.74 Å². The van der Waals surface area contributed by atoms with Gasteiger partial charge in [-0.05, 0) is 68.3 Å². The van der Waals surface area contributed by atoms with E-state index >= 15 is 0 Å². The third-order valence-corrected chi connectivity index (χ3v) is 3.74. The number of rotatable bonds is 9. The van der Waals surface area contributed by atoms with E-state index in [0.29, 0.717) is 23.8 Å². The van der Waals surface area contributed by atoms with Crippen molar-refractivity contribution in [3.8, 4) is 5.75 Å². The fourth-order valence-electron chi connectivity index (χ4n) is 2.37. The van der Waals surface area contributed by atoms with Gasteiger partial charge in [0, 0.05) is 23.0 Å². The van der Waals surface area contributed by atoms with Crippen LogP contribution in [0.4, 0.5) is 11.4 Å². The summed E-state index contributed by atoms with van der Waals surface area (Å²) in [5, 5.41) is 8.72. The molecule has 2 rings (SSSR count). The molecule has 0 aliphatic rings. The number of ether oxygens (including phenoxy) is 1. The highest BCUT2D eigenvalue weighted by Crippen LogP contribution is 2.16. The number of anilines is 2. The zero-order chi connectivity index (χ0) is 20.5. The Labute approximate surface area is 166 Å². The average molecular weight is 383 g/mol. The molecule has 0 spiro atoms. The Balaban J connectivity index is 1.79. The van der Waals surface area contributed by atoms with Gasteiger partial charge in [0.25, 0.3) is 5.91 Å². The van der Waals surface area contributed by atoms with Crippen molar-refractivity contribution in [1.82, 2.24) is 5.32 Å². The van der Waals surface area contributed by atoms with E-state index in [-0.39, 0.29) is 24.4 Å². The first-order valence-corrected chi connectivity index (χ1v) is 9.51. The van der Waals surface area contributed by atoms with Gasteiger partial charge >= 0.3 is 0 Å². The van der Waals surface area contributed by atoms with E-state index in [1.54, 1.807) is 24.3 Å². The van der Waals surface area contributed by atoms with Crippen LogP contribution in [0.1, 0.15) is 38.1 Å². The lowest BCUT2D eigenvalue weighted by molar-refractivity contribution is -0.114. The fraction of sp³-hybridized carbons (Fsp3) is 0.364. The number of benzene rings is 2. The molecule has 28 heavy (non-hydrogen) atoms. The van der Waals surface area contributed by atoms with Gasteiger partial charge in [0.15, 0.2) is 0 Å². The summed E-state index contributed by atoms with van der Waals surface area (Å²) in [5.41, 5.74) is 2.07. The summed E-state index contributed by atoms with van der Waals surface area (Å²) in [6.07, 6.45) is 0. The van der Waals surface area contributed by atoms with Crippen molar-refractivity contribution in [1.29, 1.82) is 0 Å².